The second kappa shape index (κ2) is 14.8. The SMILES string of the molecule is CC1(C)c2ccccc2C2(c3ccc(-c4ccc(-c5ccccc5-c5ccccc5)cc4)cc3-c3c(-c4nc(-c5ccccc5)nc(-c5ccccc5)n4)cccc32)c2ccccc21. The van der Waals surface area contributed by atoms with Gasteiger partial charge in [-0.05, 0) is 84.0 Å². The summed E-state index contributed by atoms with van der Waals surface area (Å²) in [5.41, 5.74) is 19.4. The van der Waals surface area contributed by atoms with Gasteiger partial charge in [0.1, 0.15) is 0 Å². The van der Waals surface area contributed by atoms with Crippen molar-refractivity contribution >= 4 is 0 Å². The van der Waals surface area contributed by atoms with E-state index in [1.54, 1.807) is 0 Å². The number of aromatic nitrogens is 3. The van der Waals surface area contributed by atoms with Crippen LogP contribution in [0, 0.1) is 0 Å². The van der Waals surface area contributed by atoms with Crippen LogP contribution >= 0.6 is 0 Å². The molecule has 0 fully saturated rings. The summed E-state index contributed by atoms with van der Waals surface area (Å²) in [6, 6.07) is 81.0. The summed E-state index contributed by atoms with van der Waals surface area (Å²) >= 11 is 0. The summed E-state index contributed by atoms with van der Waals surface area (Å²) in [5, 5.41) is 0. The Morgan fingerprint density at radius 3 is 1.23 bits per heavy atom. The number of fused-ring (bicyclic) bond motifs is 9. The molecule has 0 saturated heterocycles. The minimum Gasteiger partial charge on any atom is -0.208 e. The Hall–Kier alpha value is -8.01. The standard InChI is InChI=1S/C61H43N3/c1-60(2)51-28-14-16-30-53(51)61(54-31-17-15-29-52(54)60)50-38-37-45(40-33-35-42(36-34-40)47-26-13-12-25-46(47)41-19-6-3-7-20-41)39-49(50)56-48(27-18-32-55(56)61)59-63-57(43-21-8-4-9-22-43)62-58(64-59)44-23-10-5-11-24-44/h3-39H,1-2H3. The lowest BCUT2D eigenvalue weighted by Crippen LogP contribution is -2.40. The molecule has 0 saturated carbocycles. The zero-order chi connectivity index (χ0) is 42.8. The number of rotatable bonds is 6. The van der Waals surface area contributed by atoms with Gasteiger partial charge in [0.25, 0.3) is 0 Å². The third kappa shape index (κ3) is 5.78. The van der Waals surface area contributed by atoms with Gasteiger partial charge < -0.3 is 0 Å². The van der Waals surface area contributed by atoms with Crippen LogP contribution < -0.4 is 0 Å². The molecular formula is C61H43N3. The van der Waals surface area contributed by atoms with Crippen LogP contribution in [-0.2, 0) is 10.8 Å². The molecule has 2 aliphatic rings. The van der Waals surface area contributed by atoms with Gasteiger partial charge in [-0.15, -0.1) is 0 Å². The van der Waals surface area contributed by atoms with E-state index in [1.807, 2.05) is 36.4 Å². The van der Waals surface area contributed by atoms with Crippen molar-refractivity contribution in [3.8, 4) is 78.7 Å². The fraction of sp³-hybridized carbons (Fsp3) is 0.0656. The Labute approximate surface area is 374 Å². The van der Waals surface area contributed by atoms with E-state index in [4.69, 9.17) is 15.0 Å². The fourth-order valence-corrected chi connectivity index (χ4v) is 10.7. The Morgan fingerprint density at radius 1 is 0.266 bits per heavy atom. The average molecular weight is 818 g/mol. The molecule has 0 N–H and O–H groups in total. The molecule has 0 radical (unpaired) electrons. The summed E-state index contributed by atoms with van der Waals surface area (Å²) in [5.74, 6) is 1.94. The van der Waals surface area contributed by atoms with Gasteiger partial charge in [0, 0.05) is 22.1 Å². The highest BCUT2D eigenvalue weighted by molar-refractivity contribution is 5.97. The maximum Gasteiger partial charge on any atom is 0.164 e. The third-order valence-electron chi connectivity index (χ3n) is 13.7. The van der Waals surface area contributed by atoms with E-state index >= 15 is 0 Å². The number of benzene rings is 9. The number of hydrogen-bond acceptors (Lipinski definition) is 3. The molecule has 3 heteroatoms. The van der Waals surface area contributed by atoms with Gasteiger partial charge in [0.2, 0.25) is 0 Å². The maximum atomic E-state index is 5.32. The third-order valence-corrected chi connectivity index (χ3v) is 13.7. The highest BCUT2D eigenvalue weighted by Gasteiger charge is 2.53. The van der Waals surface area contributed by atoms with Gasteiger partial charge in [0.05, 0.1) is 5.41 Å². The Balaban J connectivity index is 1.10. The molecule has 64 heavy (non-hydrogen) atoms. The molecule has 0 amide bonds. The first-order chi connectivity index (χ1) is 31.5. The number of nitrogens with zero attached hydrogens (tertiary/aromatic N) is 3. The van der Waals surface area contributed by atoms with Crippen molar-refractivity contribution in [3.05, 3.63) is 258 Å². The zero-order valence-electron chi connectivity index (χ0n) is 35.7. The molecular weight excluding hydrogens is 775 g/mol. The quantitative estimate of drug-likeness (QED) is 0.168. The van der Waals surface area contributed by atoms with E-state index in [9.17, 15) is 0 Å². The summed E-state index contributed by atoms with van der Waals surface area (Å²) in [6.07, 6.45) is 0. The smallest absolute Gasteiger partial charge is 0.164 e. The summed E-state index contributed by atoms with van der Waals surface area (Å²) in [7, 11) is 0. The molecule has 1 spiro atoms. The fourth-order valence-electron chi connectivity index (χ4n) is 10.7. The van der Waals surface area contributed by atoms with E-state index in [1.165, 1.54) is 61.2 Å². The molecule has 0 atom stereocenters. The lowest BCUT2D eigenvalue weighted by atomic mass is 9.55. The van der Waals surface area contributed by atoms with E-state index in [2.05, 4.69) is 202 Å². The lowest BCUT2D eigenvalue weighted by molar-refractivity contribution is 0.563. The van der Waals surface area contributed by atoms with Crippen LogP contribution in [-0.4, -0.2) is 15.0 Å². The van der Waals surface area contributed by atoms with Crippen LogP contribution in [0.1, 0.15) is 47.2 Å². The summed E-state index contributed by atoms with van der Waals surface area (Å²) < 4.78 is 0. The zero-order valence-corrected chi connectivity index (χ0v) is 35.7. The van der Waals surface area contributed by atoms with Crippen molar-refractivity contribution in [2.75, 3.05) is 0 Å². The van der Waals surface area contributed by atoms with Gasteiger partial charge >= 0.3 is 0 Å². The summed E-state index contributed by atoms with van der Waals surface area (Å²) in [4.78, 5) is 15.7. The maximum absolute atomic E-state index is 5.32. The second-order valence-corrected chi connectivity index (χ2v) is 17.5. The van der Waals surface area contributed by atoms with Crippen molar-refractivity contribution in [1.29, 1.82) is 0 Å². The molecule has 1 heterocycles. The monoisotopic (exact) mass is 817 g/mol. The van der Waals surface area contributed by atoms with E-state index in [-0.39, 0.29) is 5.41 Å². The van der Waals surface area contributed by atoms with Crippen LogP contribution in [0.2, 0.25) is 0 Å². The van der Waals surface area contributed by atoms with Gasteiger partial charge in [-0.1, -0.05) is 232 Å². The lowest BCUT2D eigenvalue weighted by Gasteiger charge is -2.46. The summed E-state index contributed by atoms with van der Waals surface area (Å²) in [6.45, 7) is 4.74. The molecule has 0 unspecified atom stereocenters. The molecule has 0 aliphatic heterocycles. The average Bonchev–Trinajstić information content (AvgIpc) is 3.67. The first-order valence-corrected chi connectivity index (χ1v) is 22.1. The van der Waals surface area contributed by atoms with Crippen LogP contribution in [0.4, 0.5) is 0 Å². The first-order valence-electron chi connectivity index (χ1n) is 22.1. The van der Waals surface area contributed by atoms with Crippen LogP contribution in [0.3, 0.4) is 0 Å². The minimum absolute atomic E-state index is 0.205. The predicted octanol–water partition coefficient (Wildman–Crippen LogP) is 14.9. The van der Waals surface area contributed by atoms with Gasteiger partial charge in [-0.3, -0.25) is 0 Å². The predicted molar refractivity (Wildman–Crippen MR) is 262 cm³/mol. The van der Waals surface area contributed by atoms with Crippen LogP contribution in [0.5, 0.6) is 0 Å². The Kier molecular flexibility index (Phi) is 8.74. The highest BCUT2D eigenvalue weighted by Crippen LogP contribution is 2.63. The molecule has 302 valence electrons. The molecule has 10 aromatic rings. The highest BCUT2D eigenvalue weighted by atomic mass is 15.0. The first kappa shape index (κ1) is 37.7. The van der Waals surface area contributed by atoms with Crippen molar-refractivity contribution in [1.82, 2.24) is 15.0 Å². The van der Waals surface area contributed by atoms with Crippen molar-refractivity contribution in [2.45, 2.75) is 24.7 Å². The van der Waals surface area contributed by atoms with Crippen molar-refractivity contribution in [3.63, 3.8) is 0 Å². The minimum atomic E-state index is -0.579. The van der Waals surface area contributed by atoms with Gasteiger partial charge in [-0.2, -0.15) is 0 Å². The Bertz CT molecular complexity index is 3280. The topological polar surface area (TPSA) is 38.7 Å². The van der Waals surface area contributed by atoms with E-state index in [0.717, 1.165) is 33.4 Å². The van der Waals surface area contributed by atoms with Crippen LogP contribution in [0.15, 0.2) is 224 Å². The molecule has 12 rings (SSSR count). The number of hydrogen-bond donors (Lipinski definition) is 0. The molecule has 1 aromatic heterocycles. The largest absolute Gasteiger partial charge is 0.208 e. The second-order valence-electron chi connectivity index (χ2n) is 17.5. The van der Waals surface area contributed by atoms with E-state index < -0.39 is 5.41 Å². The van der Waals surface area contributed by atoms with E-state index in [0.29, 0.717) is 17.5 Å². The van der Waals surface area contributed by atoms with Crippen molar-refractivity contribution < 1.29 is 0 Å². The molecule has 0 bridgehead atoms. The van der Waals surface area contributed by atoms with Gasteiger partial charge in [0.15, 0.2) is 17.5 Å². The normalized spacial score (nSPS) is 13.7. The van der Waals surface area contributed by atoms with Gasteiger partial charge in [-0.25, -0.2) is 15.0 Å². The van der Waals surface area contributed by atoms with Crippen LogP contribution in [0.25, 0.3) is 78.7 Å². The molecule has 3 nitrogen and oxygen atoms in total. The van der Waals surface area contributed by atoms with Crippen molar-refractivity contribution in [2.24, 2.45) is 0 Å². The molecule has 9 aromatic carbocycles. The molecule has 2 aliphatic carbocycles. The Morgan fingerprint density at radius 2 is 0.672 bits per heavy atom.